The first-order valence-corrected chi connectivity index (χ1v) is 9.28. The fraction of sp³-hybridized carbons (Fsp3) is 0.389. The molecule has 1 aromatic carbocycles. The van der Waals surface area contributed by atoms with Crippen LogP contribution in [-0.4, -0.2) is 39.1 Å². The number of carbonyl (C=O) groups is 1. The summed E-state index contributed by atoms with van der Waals surface area (Å²) in [6, 6.07) is 5.86. The summed E-state index contributed by atoms with van der Waals surface area (Å²) in [6.45, 7) is 1.62. The van der Waals surface area contributed by atoms with Crippen molar-refractivity contribution in [2.75, 3.05) is 13.1 Å². The molecule has 0 saturated carbocycles. The Bertz CT molecular complexity index is 930. The zero-order chi connectivity index (χ0) is 16.1. The summed E-state index contributed by atoms with van der Waals surface area (Å²) < 4.78 is 1.12. The molecule has 1 amide bonds. The van der Waals surface area contributed by atoms with Crippen molar-refractivity contribution < 1.29 is 4.79 Å². The molecule has 2 aliphatic rings. The van der Waals surface area contributed by atoms with Gasteiger partial charge in [-0.15, -0.1) is 11.3 Å². The van der Waals surface area contributed by atoms with Crippen molar-refractivity contribution in [1.29, 1.82) is 0 Å². The number of aryl methyl sites for hydroxylation is 1. The van der Waals surface area contributed by atoms with Crippen LogP contribution in [0.3, 0.4) is 0 Å². The van der Waals surface area contributed by atoms with Crippen LogP contribution in [0.25, 0.3) is 10.2 Å². The number of carbonyl (C=O) groups excluding carboxylic acids is 1. The third-order valence-corrected chi connectivity index (χ3v) is 6.37. The molecule has 5 nitrogen and oxygen atoms in total. The summed E-state index contributed by atoms with van der Waals surface area (Å²) in [6.07, 6.45) is 6.31. The lowest BCUT2D eigenvalue weighted by Crippen LogP contribution is -2.47. The van der Waals surface area contributed by atoms with Crippen molar-refractivity contribution in [3.8, 4) is 0 Å². The van der Waals surface area contributed by atoms with Gasteiger partial charge in [0, 0.05) is 29.8 Å². The van der Waals surface area contributed by atoms with E-state index in [1.54, 1.807) is 11.3 Å². The largest absolute Gasteiger partial charge is 0.338 e. The molecule has 1 aliphatic carbocycles. The third kappa shape index (κ3) is 2.02. The minimum absolute atomic E-state index is 0.0739. The fourth-order valence-electron chi connectivity index (χ4n) is 4.35. The number of aromatic nitrogens is 3. The molecule has 3 aromatic rings. The Labute approximate surface area is 143 Å². The summed E-state index contributed by atoms with van der Waals surface area (Å²) in [5.41, 5.74) is 6.14. The number of nitrogens with one attached hydrogen (secondary N) is 1. The molecular weight excluding hydrogens is 320 g/mol. The Morgan fingerprint density at radius 2 is 2.29 bits per heavy atom. The number of H-pyrrole nitrogens is 1. The minimum atomic E-state index is 0.0739. The van der Waals surface area contributed by atoms with E-state index in [0.29, 0.717) is 0 Å². The zero-order valence-electron chi connectivity index (χ0n) is 13.3. The van der Waals surface area contributed by atoms with Crippen LogP contribution in [0.5, 0.6) is 0 Å². The van der Waals surface area contributed by atoms with Crippen LogP contribution in [0, 0.1) is 0 Å². The number of nitrogens with zero attached hydrogens (tertiary/aromatic N) is 3. The van der Waals surface area contributed by atoms with Gasteiger partial charge in [0.2, 0.25) is 0 Å². The van der Waals surface area contributed by atoms with Crippen LogP contribution in [-0.2, 0) is 11.8 Å². The number of fused-ring (bicyclic) bond motifs is 3. The molecule has 1 aliphatic heterocycles. The number of aromatic amines is 1. The molecule has 1 atom stereocenters. The van der Waals surface area contributed by atoms with E-state index < -0.39 is 0 Å². The summed E-state index contributed by atoms with van der Waals surface area (Å²) in [5, 5.41) is 7.42. The molecule has 3 heterocycles. The van der Waals surface area contributed by atoms with E-state index in [4.69, 9.17) is 0 Å². The lowest BCUT2D eigenvalue weighted by atomic mass is 9.77. The number of thiazole rings is 1. The molecule has 1 unspecified atom stereocenters. The van der Waals surface area contributed by atoms with Crippen molar-refractivity contribution in [2.24, 2.45) is 0 Å². The van der Waals surface area contributed by atoms with Gasteiger partial charge in [-0.05, 0) is 49.4 Å². The van der Waals surface area contributed by atoms with Crippen LogP contribution in [0.15, 0.2) is 29.9 Å². The Morgan fingerprint density at radius 3 is 3.25 bits per heavy atom. The fourth-order valence-corrected chi connectivity index (χ4v) is 5.00. The Balaban J connectivity index is 1.45. The van der Waals surface area contributed by atoms with Crippen LogP contribution < -0.4 is 0 Å². The van der Waals surface area contributed by atoms with Gasteiger partial charge in [-0.1, -0.05) is 0 Å². The summed E-state index contributed by atoms with van der Waals surface area (Å²) >= 11 is 1.60. The maximum atomic E-state index is 13.0. The van der Waals surface area contributed by atoms with Gasteiger partial charge in [0.15, 0.2) is 0 Å². The monoisotopic (exact) mass is 338 g/mol. The lowest BCUT2D eigenvalue weighted by molar-refractivity contribution is 0.0633. The highest BCUT2D eigenvalue weighted by Crippen LogP contribution is 2.44. The van der Waals surface area contributed by atoms with Crippen LogP contribution in [0.1, 0.15) is 40.9 Å². The molecule has 0 radical (unpaired) electrons. The third-order valence-electron chi connectivity index (χ3n) is 5.56. The SMILES string of the molecule is O=C(c1ccc2scnc2c1)N1CCCC2(CCc3cn[nH]c32)C1. The molecule has 1 saturated heterocycles. The predicted octanol–water partition coefficient (Wildman–Crippen LogP) is 3.14. The second-order valence-corrected chi connectivity index (χ2v) is 7.80. The van der Waals surface area contributed by atoms with E-state index in [-0.39, 0.29) is 11.3 Å². The number of hydrogen-bond acceptors (Lipinski definition) is 4. The Kier molecular flexibility index (Phi) is 3.03. The molecular formula is C18H18N4OS. The van der Waals surface area contributed by atoms with Gasteiger partial charge in [0.1, 0.15) is 0 Å². The Hall–Kier alpha value is -2.21. The average Bonchev–Trinajstić information content (AvgIpc) is 3.32. The van der Waals surface area contributed by atoms with Crippen LogP contribution in [0.2, 0.25) is 0 Å². The number of rotatable bonds is 1. The average molecular weight is 338 g/mol. The first kappa shape index (κ1) is 14.2. The number of hydrogen-bond donors (Lipinski definition) is 1. The topological polar surface area (TPSA) is 61.9 Å². The zero-order valence-corrected chi connectivity index (χ0v) is 14.1. The molecule has 24 heavy (non-hydrogen) atoms. The lowest BCUT2D eigenvalue weighted by Gasteiger charge is -2.40. The molecule has 1 spiro atoms. The molecule has 1 fully saturated rings. The summed E-state index contributed by atoms with van der Waals surface area (Å²) in [4.78, 5) is 19.4. The van der Waals surface area contributed by atoms with Crippen LogP contribution >= 0.6 is 11.3 Å². The van der Waals surface area contributed by atoms with E-state index in [0.717, 1.165) is 54.6 Å². The number of amides is 1. The first-order valence-electron chi connectivity index (χ1n) is 8.40. The predicted molar refractivity (Wildman–Crippen MR) is 93.3 cm³/mol. The van der Waals surface area contributed by atoms with Crippen molar-refractivity contribution >= 4 is 27.5 Å². The van der Waals surface area contributed by atoms with Gasteiger partial charge in [0.25, 0.3) is 5.91 Å². The highest BCUT2D eigenvalue weighted by molar-refractivity contribution is 7.16. The maximum absolute atomic E-state index is 13.0. The normalized spacial score (nSPS) is 23.1. The number of likely N-dealkylation sites (tertiary alicyclic amines) is 1. The highest BCUT2D eigenvalue weighted by atomic mass is 32.1. The molecule has 0 bridgehead atoms. The van der Waals surface area contributed by atoms with Gasteiger partial charge >= 0.3 is 0 Å². The second kappa shape index (κ2) is 5.14. The molecule has 122 valence electrons. The highest BCUT2D eigenvalue weighted by Gasteiger charge is 2.44. The van der Waals surface area contributed by atoms with Crippen molar-refractivity contribution in [3.63, 3.8) is 0 Å². The molecule has 1 N–H and O–H groups in total. The maximum Gasteiger partial charge on any atom is 0.253 e. The van der Waals surface area contributed by atoms with E-state index in [1.165, 1.54) is 11.3 Å². The first-order chi connectivity index (χ1) is 11.8. The van der Waals surface area contributed by atoms with Crippen LogP contribution in [0.4, 0.5) is 0 Å². The molecule has 6 heteroatoms. The quantitative estimate of drug-likeness (QED) is 0.741. The van der Waals surface area contributed by atoms with Crippen molar-refractivity contribution in [1.82, 2.24) is 20.1 Å². The number of piperidine rings is 1. The standard InChI is InChI=1S/C18H18N4OS/c23-17(12-2-3-15-14(8-12)19-11-24-15)22-7-1-5-18(10-22)6-4-13-9-20-21-16(13)18/h2-3,8-9,11H,1,4-7,10H2,(H,20,21). The summed E-state index contributed by atoms with van der Waals surface area (Å²) in [7, 11) is 0. The van der Waals surface area contributed by atoms with E-state index >= 15 is 0 Å². The van der Waals surface area contributed by atoms with Gasteiger partial charge in [-0.3, -0.25) is 9.89 Å². The van der Waals surface area contributed by atoms with Crippen molar-refractivity contribution in [2.45, 2.75) is 31.1 Å². The number of benzene rings is 1. The van der Waals surface area contributed by atoms with Gasteiger partial charge in [-0.25, -0.2) is 4.98 Å². The Morgan fingerprint density at radius 1 is 1.33 bits per heavy atom. The van der Waals surface area contributed by atoms with E-state index in [1.807, 2.05) is 34.8 Å². The second-order valence-electron chi connectivity index (χ2n) is 6.92. The van der Waals surface area contributed by atoms with Gasteiger partial charge in [0.05, 0.1) is 21.9 Å². The molecule has 5 rings (SSSR count). The summed E-state index contributed by atoms with van der Waals surface area (Å²) in [5.74, 6) is 0.122. The minimum Gasteiger partial charge on any atom is -0.338 e. The van der Waals surface area contributed by atoms with E-state index in [9.17, 15) is 4.79 Å². The molecule has 2 aromatic heterocycles. The van der Waals surface area contributed by atoms with Crippen molar-refractivity contribution in [3.05, 3.63) is 46.7 Å². The van der Waals surface area contributed by atoms with E-state index in [2.05, 4.69) is 15.2 Å². The smallest absolute Gasteiger partial charge is 0.253 e. The van der Waals surface area contributed by atoms with Gasteiger partial charge < -0.3 is 4.90 Å². The van der Waals surface area contributed by atoms with Gasteiger partial charge in [-0.2, -0.15) is 5.10 Å².